The Labute approximate surface area is 300 Å². The molecule has 1 spiro atoms. The Morgan fingerprint density at radius 3 is 1.98 bits per heavy atom. The summed E-state index contributed by atoms with van der Waals surface area (Å²) in [5, 5.41) is 4.82. The molecule has 10 aromatic rings. The lowest BCUT2D eigenvalue weighted by Crippen LogP contribution is -2.33. The molecule has 2 aliphatic rings. The lowest BCUT2D eigenvalue weighted by Gasteiger charge is -2.39. The molecule has 0 saturated heterocycles. The fourth-order valence-corrected chi connectivity index (χ4v) is 9.57. The fraction of sp³-hybridized carbons (Fsp3) is 0.0204. The van der Waals surface area contributed by atoms with Crippen LogP contribution in [-0.2, 0) is 5.41 Å². The van der Waals surface area contributed by atoms with Gasteiger partial charge in [-0.1, -0.05) is 121 Å². The number of nitrogens with zero attached hydrogens (tertiary/aromatic N) is 2. The molecule has 0 bridgehead atoms. The van der Waals surface area contributed by atoms with Gasteiger partial charge in [-0.15, -0.1) is 0 Å². The normalized spacial score (nSPS) is 15.4. The molecule has 12 rings (SSSR count). The van der Waals surface area contributed by atoms with Gasteiger partial charge in [0.25, 0.3) is 0 Å². The summed E-state index contributed by atoms with van der Waals surface area (Å²) in [4.78, 5) is 2.38. The van der Waals surface area contributed by atoms with Crippen LogP contribution in [0.1, 0.15) is 22.3 Å². The van der Waals surface area contributed by atoms with Crippen LogP contribution < -0.4 is 4.90 Å². The first-order chi connectivity index (χ1) is 25.8. The van der Waals surface area contributed by atoms with Gasteiger partial charge < -0.3 is 13.9 Å². The number of fused-ring (bicyclic) bond motifs is 15. The first kappa shape index (κ1) is 27.9. The van der Waals surface area contributed by atoms with Crippen molar-refractivity contribution >= 4 is 60.8 Å². The van der Waals surface area contributed by atoms with Crippen molar-refractivity contribution < 1.29 is 4.42 Å². The molecule has 52 heavy (non-hydrogen) atoms. The summed E-state index contributed by atoms with van der Waals surface area (Å²) >= 11 is 0. The van der Waals surface area contributed by atoms with E-state index in [1.807, 2.05) is 12.1 Å². The van der Waals surface area contributed by atoms with Crippen LogP contribution in [0.15, 0.2) is 186 Å². The van der Waals surface area contributed by atoms with Crippen LogP contribution in [0.3, 0.4) is 0 Å². The summed E-state index contributed by atoms with van der Waals surface area (Å²) in [5.41, 5.74) is 16.2. The van der Waals surface area contributed by atoms with Crippen LogP contribution in [0, 0.1) is 0 Å². The van der Waals surface area contributed by atoms with Crippen LogP contribution in [0.4, 0.5) is 17.1 Å². The maximum absolute atomic E-state index is 6.24. The highest BCUT2D eigenvalue weighted by Crippen LogP contribution is 2.61. The molecule has 242 valence electrons. The number of benzene rings is 8. The molecule has 1 aliphatic carbocycles. The van der Waals surface area contributed by atoms with Crippen LogP contribution in [0.25, 0.3) is 60.6 Å². The van der Waals surface area contributed by atoms with E-state index in [1.165, 1.54) is 60.9 Å². The van der Waals surface area contributed by atoms with E-state index in [9.17, 15) is 0 Å². The Morgan fingerprint density at radius 2 is 1.06 bits per heavy atom. The maximum atomic E-state index is 6.24. The van der Waals surface area contributed by atoms with Crippen molar-refractivity contribution in [2.45, 2.75) is 5.41 Å². The number of rotatable bonds is 3. The van der Waals surface area contributed by atoms with E-state index in [2.05, 4.69) is 179 Å². The molecule has 8 aromatic carbocycles. The summed E-state index contributed by atoms with van der Waals surface area (Å²) in [6.45, 7) is 0. The van der Waals surface area contributed by atoms with Gasteiger partial charge >= 0.3 is 0 Å². The molecule has 0 radical (unpaired) electrons. The highest BCUT2D eigenvalue weighted by Gasteiger charge is 2.50. The van der Waals surface area contributed by atoms with Crippen molar-refractivity contribution in [1.82, 2.24) is 4.57 Å². The van der Waals surface area contributed by atoms with Crippen molar-refractivity contribution in [2.75, 3.05) is 4.90 Å². The zero-order valence-electron chi connectivity index (χ0n) is 28.1. The average molecular weight is 663 g/mol. The summed E-state index contributed by atoms with van der Waals surface area (Å²) in [5.74, 6) is 0. The van der Waals surface area contributed by atoms with E-state index >= 15 is 0 Å². The van der Waals surface area contributed by atoms with E-state index in [-0.39, 0.29) is 0 Å². The first-order valence-corrected chi connectivity index (χ1v) is 17.9. The van der Waals surface area contributed by atoms with Crippen molar-refractivity contribution in [3.8, 4) is 16.8 Å². The highest BCUT2D eigenvalue weighted by atomic mass is 16.3. The van der Waals surface area contributed by atoms with Gasteiger partial charge in [0.15, 0.2) is 0 Å². The van der Waals surface area contributed by atoms with E-state index in [1.54, 1.807) is 0 Å². The third-order valence-electron chi connectivity index (χ3n) is 11.6. The minimum absolute atomic E-state index is 0.475. The monoisotopic (exact) mass is 662 g/mol. The van der Waals surface area contributed by atoms with Gasteiger partial charge in [-0.2, -0.15) is 0 Å². The second-order valence-electron chi connectivity index (χ2n) is 14.0. The first-order valence-electron chi connectivity index (χ1n) is 17.9. The summed E-state index contributed by atoms with van der Waals surface area (Å²) in [7, 11) is 0. The van der Waals surface area contributed by atoms with Gasteiger partial charge in [0.05, 0.1) is 22.1 Å². The van der Waals surface area contributed by atoms with Crippen molar-refractivity contribution in [2.24, 2.45) is 0 Å². The summed E-state index contributed by atoms with van der Waals surface area (Å²) in [6.07, 6.45) is 0. The zero-order valence-corrected chi connectivity index (χ0v) is 28.1. The van der Waals surface area contributed by atoms with Crippen LogP contribution >= 0.6 is 0 Å². The summed E-state index contributed by atoms with van der Waals surface area (Å²) in [6, 6.07) is 66.6. The van der Waals surface area contributed by atoms with E-state index < -0.39 is 5.41 Å². The number of hydrogen-bond acceptors (Lipinski definition) is 2. The molecule has 1 atom stereocenters. The van der Waals surface area contributed by atoms with Gasteiger partial charge in [-0.05, 0) is 94.0 Å². The topological polar surface area (TPSA) is 21.3 Å². The molecule has 2 aromatic heterocycles. The minimum atomic E-state index is -0.475. The van der Waals surface area contributed by atoms with Gasteiger partial charge in [0.1, 0.15) is 11.2 Å². The van der Waals surface area contributed by atoms with Gasteiger partial charge in [-0.3, -0.25) is 0 Å². The van der Waals surface area contributed by atoms with Crippen molar-refractivity contribution in [3.63, 3.8) is 0 Å². The minimum Gasteiger partial charge on any atom is -0.456 e. The Balaban J connectivity index is 1.15. The molecule has 1 aliphatic heterocycles. The van der Waals surface area contributed by atoms with Crippen molar-refractivity contribution in [3.05, 3.63) is 204 Å². The SMILES string of the molecule is c1ccc(N(c2ccc3c(c2)-c2ccccc2C32c3ccccc3-n3c4ccccc4c4cccc2c43)c2ccc3oc4ccccc4c3c2)cc1. The zero-order chi connectivity index (χ0) is 34.0. The van der Waals surface area contributed by atoms with Crippen LogP contribution in [0.2, 0.25) is 0 Å². The number of hydrogen-bond donors (Lipinski definition) is 0. The molecule has 1 unspecified atom stereocenters. The van der Waals surface area contributed by atoms with E-state index in [4.69, 9.17) is 4.42 Å². The number of furan rings is 1. The Kier molecular flexibility index (Phi) is 5.43. The van der Waals surface area contributed by atoms with E-state index in [0.29, 0.717) is 0 Å². The lowest BCUT2D eigenvalue weighted by molar-refractivity contribution is 0.669. The molecule has 0 saturated carbocycles. The fourth-order valence-electron chi connectivity index (χ4n) is 9.57. The van der Waals surface area contributed by atoms with Gasteiger partial charge in [-0.25, -0.2) is 0 Å². The Morgan fingerprint density at radius 1 is 0.404 bits per heavy atom. The highest BCUT2D eigenvalue weighted by molar-refractivity contribution is 6.13. The predicted octanol–water partition coefficient (Wildman–Crippen LogP) is 12.8. The molecule has 0 fully saturated rings. The molecule has 0 amide bonds. The quantitative estimate of drug-likeness (QED) is 0.188. The number of anilines is 3. The molecule has 0 N–H and O–H groups in total. The number of aromatic nitrogens is 1. The average Bonchev–Trinajstić information content (AvgIpc) is 3.85. The van der Waals surface area contributed by atoms with Crippen LogP contribution in [-0.4, -0.2) is 4.57 Å². The van der Waals surface area contributed by atoms with E-state index in [0.717, 1.165) is 39.0 Å². The van der Waals surface area contributed by atoms with Crippen LogP contribution in [0.5, 0.6) is 0 Å². The number of para-hydroxylation sites is 5. The predicted molar refractivity (Wildman–Crippen MR) is 214 cm³/mol. The second kappa shape index (κ2) is 10.1. The second-order valence-corrected chi connectivity index (χ2v) is 14.0. The standard InChI is InChI=1S/C49H30N2O/c1-2-13-31(14-3-1)50(33-26-28-47-39(30-33)36-17-6-11-24-46(36)52-47)32-25-27-41-38(29-32)34-15-4-7-19-40(34)49(41)42-20-8-10-23-45(42)51-44-22-9-5-16-35(44)37-18-12-21-43(49)48(37)51/h1-30H. The largest absolute Gasteiger partial charge is 0.456 e. The third kappa shape index (κ3) is 3.45. The van der Waals surface area contributed by atoms with Crippen molar-refractivity contribution in [1.29, 1.82) is 0 Å². The third-order valence-corrected chi connectivity index (χ3v) is 11.6. The maximum Gasteiger partial charge on any atom is 0.135 e. The smallest absolute Gasteiger partial charge is 0.135 e. The Hall–Kier alpha value is -6.84. The lowest BCUT2D eigenvalue weighted by atomic mass is 9.65. The molecule has 3 nitrogen and oxygen atoms in total. The Bertz CT molecular complexity index is 3090. The molecular weight excluding hydrogens is 633 g/mol. The summed E-state index contributed by atoms with van der Waals surface area (Å²) < 4.78 is 8.74. The van der Waals surface area contributed by atoms with Gasteiger partial charge in [0.2, 0.25) is 0 Å². The molecule has 3 heterocycles. The molecular formula is C49H30N2O. The molecule has 3 heteroatoms. The van der Waals surface area contributed by atoms with Gasteiger partial charge in [0, 0.05) is 38.6 Å².